The van der Waals surface area contributed by atoms with Crippen LogP contribution in [0.3, 0.4) is 0 Å². The summed E-state index contributed by atoms with van der Waals surface area (Å²) in [6.45, 7) is 6.67. The van der Waals surface area contributed by atoms with E-state index in [4.69, 9.17) is 14.6 Å². The van der Waals surface area contributed by atoms with E-state index < -0.39 is 18.0 Å². The van der Waals surface area contributed by atoms with Crippen molar-refractivity contribution in [1.82, 2.24) is 14.3 Å². The average molecular weight is 617 g/mol. The highest BCUT2D eigenvalue weighted by Gasteiger charge is 2.33. The third-order valence-electron chi connectivity index (χ3n) is 7.13. The minimum Gasteiger partial charge on any atom is -0.458 e. The second kappa shape index (κ2) is 12.6. The molecule has 0 radical (unpaired) electrons. The molecular weight excluding hydrogens is 588 g/mol. The van der Waals surface area contributed by atoms with E-state index >= 15 is 0 Å². The fourth-order valence-electron chi connectivity index (χ4n) is 5.16. The maximum Gasteiger partial charge on any atom is 0.338 e. The highest BCUT2D eigenvalue weighted by Crippen LogP contribution is 2.32. The second-order valence-corrected chi connectivity index (χ2v) is 11.2. The molecule has 2 aromatic heterocycles. The molecule has 0 aliphatic carbocycles. The van der Waals surface area contributed by atoms with Crippen LogP contribution in [0.4, 0.5) is 0 Å². The van der Waals surface area contributed by atoms with Crippen LogP contribution in [0.1, 0.15) is 31.0 Å². The third kappa shape index (κ3) is 5.96. The first kappa shape index (κ1) is 29.5. The van der Waals surface area contributed by atoms with Gasteiger partial charge in [-0.1, -0.05) is 84.7 Å². The summed E-state index contributed by atoms with van der Waals surface area (Å²) < 4.78 is 14.3. The molecule has 0 saturated carbocycles. The number of thiazole rings is 1. The lowest BCUT2D eigenvalue weighted by atomic mass is 9.96. The van der Waals surface area contributed by atoms with Gasteiger partial charge in [0.2, 0.25) is 0 Å². The van der Waals surface area contributed by atoms with Gasteiger partial charge in [0.15, 0.2) is 4.80 Å². The number of aromatic nitrogens is 3. The SMILES string of the molecule is C=CCOC(=O)C1=C(C)N=c2s/c(=C\c3cn(-c4ccccc4)nc3-c3ccccc3)c(=O)n2C1c1ccc(OC(C)=O)cc1. The Balaban J connectivity index is 1.52. The van der Waals surface area contributed by atoms with Gasteiger partial charge in [-0.05, 0) is 42.8 Å². The zero-order chi connectivity index (χ0) is 31.5. The van der Waals surface area contributed by atoms with E-state index in [0.29, 0.717) is 32.0 Å². The average Bonchev–Trinajstić information content (AvgIpc) is 3.60. The van der Waals surface area contributed by atoms with E-state index in [1.165, 1.54) is 28.9 Å². The lowest BCUT2D eigenvalue weighted by Crippen LogP contribution is -2.39. The van der Waals surface area contributed by atoms with Crippen molar-refractivity contribution in [1.29, 1.82) is 0 Å². The lowest BCUT2D eigenvalue weighted by molar-refractivity contribution is -0.138. The standard InChI is InChI=1S/C35H28N4O5S/c1-4-19-43-34(42)30-22(2)36-35-39(32(30)25-15-17-28(18-16-25)44-23(3)40)33(41)29(45-35)20-26-21-38(27-13-9-6-10-14-27)37-31(26)24-11-7-5-8-12-24/h4-18,20-21,32H,1,19H2,2-3H3/b29-20-. The summed E-state index contributed by atoms with van der Waals surface area (Å²) in [5.41, 5.74) is 4.23. The zero-order valence-corrected chi connectivity index (χ0v) is 25.4. The molecule has 6 rings (SSSR count). The van der Waals surface area contributed by atoms with Gasteiger partial charge < -0.3 is 9.47 Å². The van der Waals surface area contributed by atoms with Crippen LogP contribution in [0.25, 0.3) is 23.0 Å². The number of hydrogen-bond acceptors (Lipinski definition) is 8. The number of hydrogen-bond donors (Lipinski definition) is 0. The summed E-state index contributed by atoms with van der Waals surface area (Å²) >= 11 is 1.23. The van der Waals surface area contributed by atoms with Crippen LogP contribution in [0.15, 0.2) is 125 Å². The van der Waals surface area contributed by atoms with E-state index in [-0.39, 0.29) is 17.7 Å². The number of benzene rings is 3. The van der Waals surface area contributed by atoms with Crippen LogP contribution < -0.4 is 19.6 Å². The zero-order valence-electron chi connectivity index (χ0n) is 24.5. The normalized spacial score (nSPS) is 14.4. The Hall–Kier alpha value is -5.61. The van der Waals surface area contributed by atoms with Gasteiger partial charge in [0.05, 0.1) is 33.2 Å². The van der Waals surface area contributed by atoms with E-state index in [0.717, 1.165) is 16.8 Å². The molecule has 0 fully saturated rings. The number of fused-ring (bicyclic) bond motifs is 1. The second-order valence-electron chi connectivity index (χ2n) is 10.2. The van der Waals surface area contributed by atoms with Gasteiger partial charge in [0.1, 0.15) is 12.4 Å². The monoisotopic (exact) mass is 616 g/mol. The molecule has 224 valence electrons. The number of allylic oxidation sites excluding steroid dienone is 1. The summed E-state index contributed by atoms with van der Waals surface area (Å²) in [6, 6.07) is 25.4. The minimum atomic E-state index is -0.826. The number of ether oxygens (including phenoxy) is 2. The molecule has 3 heterocycles. The molecule has 0 spiro atoms. The number of carbonyl (C=O) groups excluding carboxylic acids is 2. The Kier molecular flexibility index (Phi) is 8.22. The van der Waals surface area contributed by atoms with Crippen LogP contribution >= 0.6 is 11.3 Å². The highest BCUT2D eigenvalue weighted by molar-refractivity contribution is 7.07. The molecule has 0 saturated heterocycles. The molecule has 1 atom stereocenters. The van der Waals surface area contributed by atoms with Crippen LogP contribution in [0.5, 0.6) is 5.75 Å². The van der Waals surface area contributed by atoms with Crippen molar-refractivity contribution in [2.24, 2.45) is 4.99 Å². The van der Waals surface area contributed by atoms with Gasteiger partial charge in [-0.15, -0.1) is 0 Å². The van der Waals surface area contributed by atoms with E-state index in [1.54, 1.807) is 35.9 Å². The molecule has 9 nitrogen and oxygen atoms in total. The molecule has 1 aliphatic heterocycles. The molecule has 45 heavy (non-hydrogen) atoms. The van der Waals surface area contributed by atoms with Crippen molar-refractivity contribution in [2.45, 2.75) is 19.9 Å². The Morgan fingerprint density at radius 2 is 1.69 bits per heavy atom. The number of nitrogens with zero attached hydrogens (tertiary/aromatic N) is 4. The van der Waals surface area contributed by atoms with Crippen molar-refractivity contribution in [2.75, 3.05) is 6.61 Å². The molecule has 0 bridgehead atoms. The third-order valence-corrected chi connectivity index (χ3v) is 8.11. The van der Waals surface area contributed by atoms with Crippen LogP contribution in [0, 0.1) is 0 Å². The van der Waals surface area contributed by atoms with Gasteiger partial charge in [0, 0.05) is 24.2 Å². The van der Waals surface area contributed by atoms with Crippen LogP contribution in [-0.4, -0.2) is 32.9 Å². The van der Waals surface area contributed by atoms with E-state index in [1.807, 2.05) is 72.9 Å². The predicted molar refractivity (Wildman–Crippen MR) is 172 cm³/mol. The van der Waals surface area contributed by atoms with E-state index in [2.05, 4.69) is 11.6 Å². The largest absolute Gasteiger partial charge is 0.458 e. The Bertz CT molecular complexity index is 2130. The van der Waals surface area contributed by atoms with Crippen LogP contribution in [-0.2, 0) is 14.3 Å². The number of para-hydroxylation sites is 1. The number of carbonyl (C=O) groups is 2. The quantitative estimate of drug-likeness (QED) is 0.142. The fourth-order valence-corrected chi connectivity index (χ4v) is 6.20. The summed E-state index contributed by atoms with van der Waals surface area (Å²) in [5, 5.41) is 4.87. The molecule has 1 aliphatic rings. The Labute approximate surface area is 262 Å². The molecule has 0 N–H and O–H groups in total. The molecule has 5 aromatic rings. The van der Waals surface area contributed by atoms with Gasteiger partial charge in [-0.2, -0.15) is 5.10 Å². The van der Waals surface area contributed by atoms with Gasteiger partial charge >= 0.3 is 11.9 Å². The highest BCUT2D eigenvalue weighted by atomic mass is 32.1. The number of esters is 2. The Morgan fingerprint density at radius 1 is 1.00 bits per heavy atom. The summed E-state index contributed by atoms with van der Waals surface area (Å²) in [7, 11) is 0. The Morgan fingerprint density at radius 3 is 2.36 bits per heavy atom. The van der Waals surface area contributed by atoms with E-state index in [9.17, 15) is 14.4 Å². The van der Waals surface area contributed by atoms with Gasteiger partial charge in [-0.25, -0.2) is 14.5 Å². The maximum absolute atomic E-state index is 14.2. The molecule has 0 amide bonds. The maximum atomic E-state index is 14.2. The van der Waals surface area contributed by atoms with Crippen molar-refractivity contribution < 1.29 is 19.1 Å². The molecule has 3 aromatic carbocycles. The number of rotatable bonds is 8. The van der Waals surface area contributed by atoms with Gasteiger partial charge in [0.25, 0.3) is 5.56 Å². The first-order valence-corrected chi connectivity index (χ1v) is 14.9. The first-order chi connectivity index (χ1) is 21.8. The molecular formula is C35H28N4O5S. The molecule has 10 heteroatoms. The fraction of sp³-hybridized carbons (Fsp3) is 0.114. The minimum absolute atomic E-state index is 0.00576. The van der Waals surface area contributed by atoms with Crippen molar-refractivity contribution in [3.8, 4) is 22.7 Å². The molecule has 1 unspecified atom stereocenters. The predicted octanol–water partition coefficient (Wildman–Crippen LogP) is 4.74. The van der Waals surface area contributed by atoms with Crippen LogP contribution in [0.2, 0.25) is 0 Å². The smallest absolute Gasteiger partial charge is 0.338 e. The lowest BCUT2D eigenvalue weighted by Gasteiger charge is -2.24. The summed E-state index contributed by atoms with van der Waals surface area (Å²) in [4.78, 5) is 44.1. The summed E-state index contributed by atoms with van der Waals surface area (Å²) in [5.74, 6) is -0.709. The summed E-state index contributed by atoms with van der Waals surface area (Å²) in [6.07, 6.45) is 5.19. The topological polar surface area (TPSA) is 105 Å². The van der Waals surface area contributed by atoms with Crippen molar-refractivity contribution >= 4 is 29.4 Å². The van der Waals surface area contributed by atoms with Crippen molar-refractivity contribution in [3.63, 3.8) is 0 Å². The first-order valence-electron chi connectivity index (χ1n) is 14.1. The van der Waals surface area contributed by atoms with Gasteiger partial charge in [-0.3, -0.25) is 14.2 Å². The van der Waals surface area contributed by atoms with Crippen molar-refractivity contribution in [3.05, 3.63) is 146 Å².